The molecule has 10 nitrogen and oxygen atoms in total. The molecule has 0 saturated carbocycles. The Hall–Kier alpha value is -3.76. The van der Waals surface area contributed by atoms with E-state index in [4.69, 9.17) is 18.9 Å². The smallest absolute Gasteiger partial charge is 0.313 e. The summed E-state index contributed by atoms with van der Waals surface area (Å²) in [6.45, 7) is 15.7. The third-order valence-corrected chi connectivity index (χ3v) is 6.07. The molecular weight excluding hydrogens is 564 g/mol. The lowest BCUT2D eigenvalue weighted by Crippen LogP contribution is -2.18. The average molecular weight is 615 g/mol. The predicted octanol–water partition coefficient (Wildman–Crippen LogP) is 5.14. The fourth-order valence-electron chi connectivity index (χ4n) is 3.19. The van der Waals surface area contributed by atoms with Crippen LogP contribution in [0.3, 0.4) is 0 Å². The van der Waals surface area contributed by atoms with Crippen molar-refractivity contribution in [3.05, 3.63) is 47.5 Å². The van der Waals surface area contributed by atoms with Gasteiger partial charge in [0.2, 0.25) is 0 Å². The van der Waals surface area contributed by atoms with Gasteiger partial charge in [0.1, 0.15) is 0 Å². The second-order valence-electron chi connectivity index (χ2n) is 11.6. The maximum Gasteiger partial charge on any atom is 0.313 e. The largest absolute Gasteiger partial charge is 0.422 e. The van der Waals surface area contributed by atoms with Crippen LogP contribution in [0.25, 0.3) is 0 Å². The van der Waals surface area contributed by atoms with E-state index >= 15 is 0 Å². The first kappa shape index (κ1) is 38.3. The van der Waals surface area contributed by atoms with E-state index in [0.717, 1.165) is 37.1 Å². The van der Waals surface area contributed by atoms with Crippen molar-refractivity contribution in [1.29, 1.82) is 0 Å². The molecule has 2 N–H and O–H groups in total. The molecule has 0 bridgehead atoms. The number of rotatable bonds is 14. The number of nitrogens with one attached hydrogen (secondary N) is 2. The van der Waals surface area contributed by atoms with Crippen molar-refractivity contribution in [2.24, 2.45) is 23.7 Å². The molecule has 0 heterocycles. The maximum absolute atomic E-state index is 11.8. The van der Waals surface area contributed by atoms with Gasteiger partial charge in [-0.05, 0) is 75.4 Å². The number of hydrogen-bond donors (Lipinski definition) is 2. The topological polar surface area (TPSA) is 129 Å². The van der Waals surface area contributed by atoms with Crippen molar-refractivity contribution in [2.45, 2.75) is 68.2 Å². The lowest BCUT2D eigenvalue weighted by molar-refractivity contribution is -0.140. The van der Waals surface area contributed by atoms with Gasteiger partial charge in [0, 0.05) is 0 Å². The lowest BCUT2D eigenvalue weighted by Gasteiger charge is -2.14. The third kappa shape index (κ3) is 13.7. The Morgan fingerprint density at radius 1 is 0.500 bits per heavy atom. The molecule has 0 atom stereocenters. The molecule has 0 aromatic heterocycles. The molecule has 244 valence electrons. The van der Waals surface area contributed by atoms with Crippen LogP contribution in [0.15, 0.2) is 36.4 Å². The lowest BCUT2D eigenvalue weighted by atomic mass is 10.1. The third-order valence-electron chi connectivity index (χ3n) is 6.07. The molecule has 2 aromatic rings. The van der Waals surface area contributed by atoms with Crippen LogP contribution in [0.5, 0.6) is 23.0 Å². The van der Waals surface area contributed by atoms with Crippen LogP contribution in [0.2, 0.25) is 0 Å². The standard InChI is InChI=1S/2C17H25NO4/c2*1-11(2)16(19)21-14-7-6-13(8-9-18-5)10-15(14)22-17(20)12(3)4/h2*6-7,10-12,18H,8-9H2,1-5H3. The van der Waals surface area contributed by atoms with Crippen molar-refractivity contribution in [3.8, 4) is 23.0 Å². The Morgan fingerprint density at radius 2 is 0.773 bits per heavy atom. The number of esters is 4. The van der Waals surface area contributed by atoms with E-state index in [1.54, 1.807) is 79.7 Å². The zero-order valence-corrected chi connectivity index (χ0v) is 27.9. The summed E-state index contributed by atoms with van der Waals surface area (Å²) in [5.74, 6) is -1.29. The van der Waals surface area contributed by atoms with E-state index in [9.17, 15) is 19.2 Å². The quantitative estimate of drug-likeness (QED) is 0.218. The van der Waals surface area contributed by atoms with Gasteiger partial charge in [0.15, 0.2) is 23.0 Å². The molecule has 0 aliphatic carbocycles. The summed E-state index contributed by atoms with van der Waals surface area (Å²) >= 11 is 0. The molecule has 0 amide bonds. The monoisotopic (exact) mass is 614 g/mol. The maximum atomic E-state index is 11.8. The number of hydrogen-bond acceptors (Lipinski definition) is 10. The molecule has 0 fully saturated rings. The van der Waals surface area contributed by atoms with Crippen molar-refractivity contribution < 1.29 is 38.1 Å². The van der Waals surface area contributed by atoms with E-state index in [-0.39, 0.29) is 59.0 Å². The summed E-state index contributed by atoms with van der Waals surface area (Å²) in [5.41, 5.74) is 2.01. The Balaban J connectivity index is 0.000000440. The van der Waals surface area contributed by atoms with Gasteiger partial charge in [-0.2, -0.15) is 0 Å². The first-order valence-electron chi connectivity index (χ1n) is 15.1. The minimum absolute atomic E-state index is 0.252. The van der Waals surface area contributed by atoms with Crippen LogP contribution >= 0.6 is 0 Å². The van der Waals surface area contributed by atoms with Crippen molar-refractivity contribution >= 4 is 23.9 Å². The Kier molecular flexibility index (Phi) is 17.0. The molecule has 0 radical (unpaired) electrons. The number of benzene rings is 2. The molecule has 0 spiro atoms. The predicted molar refractivity (Wildman–Crippen MR) is 170 cm³/mol. The number of likely N-dealkylation sites (N-methyl/N-ethyl adjacent to an activating group) is 2. The molecule has 0 aliphatic rings. The number of carbonyl (C=O) groups is 4. The normalized spacial score (nSPS) is 10.9. The van der Waals surface area contributed by atoms with Gasteiger partial charge in [0.25, 0.3) is 0 Å². The summed E-state index contributed by atoms with van der Waals surface area (Å²) in [4.78, 5) is 47.2. The summed E-state index contributed by atoms with van der Waals surface area (Å²) in [7, 11) is 3.75. The molecule has 44 heavy (non-hydrogen) atoms. The molecule has 2 aromatic carbocycles. The minimum atomic E-state index is -0.357. The first-order chi connectivity index (χ1) is 20.7. The average Bonchev–Trinajstić information content (AvgIpc) is 2.97. The highest BCUT2D eigenvalue weighted by molar-refractivity contribution is 5.79. The molecular formula is C34H50N2O8. The highest BCUT2D eigenvalue weighted by Crippen LogP contribution is 2.31. The van der Waals surface area contributed by atoms with Crippen LogP contribution in [0.1, 0.15) is 66.5 Å². The molecule has 10 heteroatoms. The Bertz CT molecular complexity index is 1140. The number of ether oxygens (including phenoxy) is 4. The fraction of sp³-hybridized carbons (Fsp3) is 0.529. The van der Waals surface area contributed by atoms with Gasteiger partial charge in [0.05, 0.1) is 23.7 Å². The van der Waals surface area contributed by atoms with Gasteiger partial charge in [-0.15, -0.1) is 0 Å². The first-order valence-corrected chi connectivity index (χ1v) is 15.1. The highest BCUT2D eigenvalue weighted by atomic mass is 16.6. The summed E-state index contributed by atoms with van der Waals surface area (Å²) in [6.07, 6.45) is 1.59. The summed E-state index contributed by atoms with van der Waals surface area (Å²) < 4.78 is 21.4. The molecule has 2 rings (SSSR count). The van der Waals surface area contributed by atoms with Crippen molar-refractivity contribution in [1.82, 2.24) is 10.6 Å². The number of carbonyl (C=O) groups excluding carboxylic acids is 4. The van der Waals surface area contributed by atoms with Crippen LogP contribution in [-0.4, -0.2) is 51.1 Å². The Labute approximate surface area is 262 Å². The van der Waals surface area contributed by atoms with Gasteiger partial charge in [-0.3, -0.25) is 19.2 Å². The van der Waals surface area contributed by atoms with Crippen LogP contribution < -0.4 is 29.6 Å². The SMILES string of the molecule is CNCCc1ccc(OC(=O)C(C)C)c(OC(=O)C(C)C)c1.CNCCc1ccc(OC(=O)C(C)C)c(OC(=O)C(C)C)c1. The second kappa shape index (κ2) is 19.5. The van der Waals surface area contributed by atoms with Gasteiger partial charge in [-0.1, -0.05) is 67.5 Å². The summed E-state index contributed by atoms with van der Waals surface area (Å²) in [6, 6.07) is 10.6. The van der Waals surface area contributed by atoms with Crippen LogP contribution in [0.4, 0.5) is 0 Å². The minimum Gasteiger partial charge on any atom is -0.422 e. The van der Waals surface area contributed by atoms with Crippen LogP contribution in [0, 0.1) is 23.7 Å². The zero-order chi connectivity index (χ0) is 33.4. The highest BCUT2D eigenvalue weighted by Gasteiger charge is 2.19. The van der Waals surface area contributed by atoms with E-state index in [2.05, 4.69) is 10.6 Å². The van der Waals surface area contributed by atoms with Gasteiger partial charge in [-0.25, -0.2) is 0 Å². The van der Waals surface area contributed by atoms with E-state index < -0.39 is 0 Å². The zero-order valence-electron chi connectivity index (χ0n) is 27.9. The summed E-state index contributed by atoms with van der Waals surface area (Å²) in [5, 5.41) is 6.13. The van der Waals surface area contributed by atoms with Gasteiger partial charge >= 0.3 is 23.9 Å². The van der Waals surface area contributed by atoms with E-state index in [0.29, 0.717) is 11.5 Å². The van der Waals surface area contributed by atoms with Crippen LogP contribution in [-0.2, 0) is 32.0 Å². The van der Waals surface area contributed by atoms with E-state index in [1.807, 2.05) is 26.2 Å². The van der Waals surface area contributed by atoms with E-state index in [1.165, 1.54) is 0 Å². The molecule has 0 saturated heterocycles. The molecule has 0 unspecified atom stereocenters. The molecule has 0 aliphatic heterocycles. The van der Waals surface area contributed by atoms with Gasteiger partial charge < -0.3 is 29.6 Å². The second-order valence-corrected chi connectivity index (χ2v) is 11.6. The Morgan fingerprint density at radius 3 is 1.02 bits per heavy atom. The fourth-order valence-corrected chi connectivity index (χ4v) is 3.19. The van der Waals surface area contributed by atoms with Crippen molar-refractivity contribution in [2.75, 3.05) is 27.2 Å². The van der Waals surface area contributed by atoms with Crippen molar-refractivity contribution in [3.63, 3.8) is 0 Å².